The third-order valence-corrected chi connectivity index (χ3v) is 10.9. The molecule has 2 bridgehead atoms. The zero-order valence-electron chi connectivity index (χ0n) is 27.6. The molecule has 5 heterocycles. The molecule has 1 amide bonds. The SMILES string of the molecule is CCn1cc2c(Cl)c(-c3cn(COCC[Si](C)(C)C)c4nc(N5C6CC[C@@H]5C[C@@H](NC(=O)OC(C)(C)C)C6)cnc34)ccc2n1. The Labute approximate surface area is 271 Å². The van der Waals surface area contributed by atoms with Gasteiger partial charge in [-0.1, -0.05) is 37.3 Å². The molecular weight excluding hydrogens is 606 g/mol. The summed E-state index contributed by atoms with van der Waals surface area (Å²) in [6, 6.07) is 5.77. The molecule has 0 aliphatic carbocycles. The first kappa shape index (κ1) is 31.8. The molecule has 2 aliphatic rings. The van der Waals surface area contributed by atoms with Crippen LogP contribution in [0.4, 0.5) is 10.6 Å². The van der Waals surface area contributed by atoms with E-state index in [1.807, 2.05) is 50.0 Å². The summed E-state index contributed by atoms with van der Waals surface area (Å²) in [5.74, 6) is 0.865. The number of fused-ring (bicyclic) bond motifs is 4. The smallest absolute Gasteiger partial charge is 0.407 e. The number of alkyl carbamates (subject to hydrolysis) is 1. The van der Waals surface area contributed by atoms with E-state index in [2.05, 4.69) is 52.6 Å². The molecule has 242 valence electrons. The number of carbonyl (C=O) groups is 1. The molecule has 2 fully saturated rings. The molecule has 10 nitrogen and oxygen atoms in total. The van der Waals surface area contributed by atoms with E-state index in [4.69, 9.17) is 31.0 Å². The van der Waals surface area contributed by atoms with Crippen molar-refractivity contribution in [1.29, 1.82) is 0 Å². The normalized spacial score (nSPS) is 20.4. The van der Waals surface area contributed by atoms with Gasteiger partial charge in [0.1, 0.15) is 23.7 Å². The summed E-state index contributed by atoms with van der Waals surface area (Å²) in [6.45, 7) is 16.7. The first-order valence-corrected chi connectivity index (χ1v) is 20.3. The quantitative estimate of drug-likeness (QED) is 0.148. The molecule has 6 rings (SSSR count). The number of aromatic nitrogens is 5. The van der Waals surface area contributed by atoms with Crippen LogP contribution < -0.4 is 10.2 Å². The zero-order valence-corrected chi connectivity index (χ0v) is 29.3. The largest absolute Gasteiger partial charge is 0.444 e. The second kappa shape index (κ2) is 12.2. The maximum absolute atomic E-state index is 12.5. The third kappa shape index (κ3) is 6.85. The highest BCUT2D eigenvalue weighted by atomic mass is 35.5. The van der Waals surface area contributed by atoms with Gasteiger partial charge in [-0.25, -0.2) is 14.8 Å². The summed E-state index contributed by atoms with van der Waals surface area (Å²) in [5.41, 5.74) is 3.76. The van der Waals surface area contributed by atoms with E-state index in [9.17, 15) is 4.79 Å². The Morgan fingerprint density at radius 2 is 1.84 bits per heavy atom. The van der Waals surface area contributed by atoms with Crippen LogP contribution >= 0.6 is 11.6 Å². The number of hydrogen-bond donors (Lipinski definition) is 1. The van der Waals surface area contributed by atoms with Gasteiger partial charge < -0.3 is 24.3 Å². The second-order valence-electron chi connectivity index (χ2n) is 14.7. The van der Waals surface area contributed by atoms with Crippen LogP contribution in [0, 0.1) is 0 Å². The summed E-state index contributed by atoms with van der Waals surface area (Å²) in [7, 11) is -1.23. The molecule has 2 saturated heterocycles. The minimum absolute atomic E-state index is 0.0784. The van der Waals surface area contributed by atoms with Crippen LogP contribution in [0.1, 0.15) is 53.4 Å². The van der Waals surface area contributed by atoms with Crippen molar-refractivity contribution in [3.63, 3.8) is 0 Å². The van der Waals surface area contributed by atoms with Gasteiger partial charge in [0.05, 0.1) is 16.7 Å². The molecule has 1 N–H and O–H groups in total. The van der Waals surface area contributed by atoms with Gasteiger partial charge >= 0.3 is 6.09 Å². The van der Waals surface area contributed by atoms with E-state index in [-0.39, 0.29) is 24.2 Å². The molecule has 4 aromatic rings. The van der Waals surface area contributed by atoms with Crippen molar-refractivity contribution in [2.75, 3.05) is 11.5 Å². The van der Waals surface area contributed by atoms with Gasteiger partial charge in [-0.2, -0.15) is 5.10 Å². The molecule has 12 heteroatoms. The number of amides is 1. The van der Waals surface area contributed by atoms with E-state index in [0.29, 0.717) is 18.4 Å². The Bertz CT molecular complexity index is 1690. The highest BCUT2D eigenvalue weighted by Crippen LogP contribution is 2.41. The summed E-state index contributed by atoms with van der Waals surface area (Å²) >= 11 is 7.03. The molecule has 1 unspecified atom stereocenters. The topological polar surface area (TPSA) is 99.3 Å². The Morgan fingerprint density at radius 1 is 1.11 bits per heavy atom. The Kier molecular flexibility index (Phi) is 8.64. The van der Waals surface area contributed by atoms with Crippen molar-refractivity contribution >= 4 is 53.7 Å². The number of carbonyl (C=O) groups excluding carboxylic acids is 1. The van der Waals surface area contributed by atoms with Gasteiger partial charge in [0, 0.05) is 68.3 Å². The van der Waals surface area contributed by atoms with Crippen molar-refractivity contribution in [1.82, 2.24) is 29.6 Å². The second-order valence-corrected chi connectivity index (χ2v) is 20.7. The fourth-order valence-corrected chi connectivity index (χ4v) is 7.69. The summed E-state index contributed by atoms with van der Waals surface area (Å²) < 4.78 is 15.7. The van der Waals surface area contributed by atoms with Crippen molar-refractivity contribution < 1.29 is 14.3 Å². The molecular formula is C33H46ClN7O3Si. The number of rotatable bonds is 9. The van der Waals surface area contributed by atoms with Crippen LogP contribution in [0.15, 0.2) is 30.7 Å². The Balaban J connectivity index is 1.31. The summed E-state index contributed by atoms with van der Waals surface area (Å²) in [6.07, 6.45) is 9.45. The standard InChI is InChI=1S/C33H46ClN7O3Si/c1-8-40-19-26-27(38-40)12-11-24(29(26)34)25-18-39(20-43-13-14-45(5,6)7)31-30(25)35-17-28(37-31)41-22-9-10-23(41)16-21(15-22)36-32(42)44-33(2,3)4/h11-12,17-19,21-23H,8-10,13-16,20H2,1-7H3,(H,36,42)/t21-,22-,23?/m1/s1. The molecule has 0 saturated carbocycles. The Hall–Kier alpha value is -3.15. The highest BCUT2D eigenvalue weighted by Gasteiger charge is 2.42. The minimum Gasteiger partial charge on any atom is -0.444 e. The minimum atomic E-state index is -1.23. The predicted octanol–water partition coefficient (Wildman–Crippen LogP) is 7.46. The number of anilines is 1. The maximum atomic E-state index is 12.5. The lowest BCUT2D eigenvalue weighted by molar-refractivity contribution is 0.0492. The predicted molar refractivity (Wildman–Crippen MR) is 183 cm³/mol. The maximum Gasteiger partial charge on any atom is 0.407 e. The lowest BCUT2D eigenvalue weighted by Gasteiger charge is -2.39. The molecule has 0 spiro atoms. The van der Waals surface area contributed by atoms with E-state index in [1.165, 1.54) is 0 Å². The molecule has 0 radical (unpaired) electrons. The van der Waals surface area contributed by atoms with Crippen molar-refractivity contribution in [3.05, 3.63) is 35.7 Å². The molecule has 1 aromatic carbocycles. The van der Waals surface area contributed by atoms with Crippen LogP contribution in [0.25, 0.3) is 33.2 Å². The van der Waals surface area contributed by atoms with Gasteiger partial charge in [0.15, 0.2) is 5.65 Å². The first-order chi connectivity index (χ1) is 21.3. The number of aryl methyl sites for hydroxylation is 1. The Morgan fingerprint density at radius 3 is 2.51 bits per heavy atom. The monoisotopic (exact) mass is 651 g/mol. The molecule has 45 heavy (non-hydrogen) atoms. The third-order valence-electron chi connectivity index (χ3n) is 8.78. The molecule has 3 aromatic heterocycles. The summed E-state index contributed by atoms with van der Waals surface area (Å²) in [5, 5.41) is 9.33. The van der Waals surface area contributed by atoms with E-state index < -0.39 is 13.7 Å². The van der Waals surface area contributed by atoms with Crippen molar-refractivity contribution in [3.8, 4) is 11.1 Å². The lowest BCUT2D eigenvalue weighted by Crippen LogP contribution is -2.51. The van der Waals surface area contributed by atoms with E-state index in [0.717, 1.165) is 77.3 Å². The first-order valence-electron chi connectivity index (χ1n) is 16.2. The highest BCUT2D eigenvalue weighted by molar-refractivity contribution is 6.76. The van der Waals surface area contributed by atoms with Crippen LogP contribution in [-0.4, -0.2) is 68.8 Å². The lowest BCUT2D eigenvalue weighted by atomic mass is 9.97. The summed E-state index contributed by atoms with van der Waals surface area (Å²) in [4.78, 5) is 25.2. The fourth-order valence-electron chi connectivity index (χ4n) is 6.62. The number of halogens is 1. The van der Waals surface area contributed by atoms with E-state index in [1.54, 1.807) is 0 Å². The number of piperidine rings is 1. The molecule has 2 aliphatic heterocycles. The van der Waals surface area contributed by atoms with Gasteiger partial charge in [0.25, 0.3) is 0 Å². The average molecular weight is 652 g/mol. The number of hydrogen-bond acceptors (Lipinski definition) is 7. The van der Waals surface area contributed by atoms with Gasteiger partial charge in [-0.05, 0) is 65.5 Å². The van der Waals surface area contributed by atoms with Crippen LogP contribution in [0.5, 0.6) is 0 Å². The van der Waals surface area contributed by atoms with Crippen molar-refractivity contribution in [2.24, 2.45) is 0 Å². The van der Waals surface area contributed by atoms with E-state index >= 15 is 0 Å². The molecule has 3 atom stereocenters. The van der Waals surface area contributed by atoms with Gasteiger partial charge in [0.2, 0.25) is 0 Å². The van der Waals surface area contributed by atoms with Crippen LogP contribution in [0.2, 0.25) is 30.7 Å². The van der Waals surface area contributed by atoms with Gasteiger partial charge in [-0.15, -0.1) is 0 Å². The van der Waals surface area contributed by atoms with Crippen LogP contribution in [-0.2, 0) is 22.7 Å². The number of benzene rings is 1. The number of nitrogens with one attached hydrogen (secondary N) is 1. The van der Waals surface area contributed by atoms with Crippen LogP contribution in [0.3, 0.4) is 0 Å². The number of ether oxygens (including phenoxy) is 2. The number of nitrogens with zero attached hydrogens (tertiary/aromatic N) is 6. The average Bonchev–Trinajstić information content (AvgIpc) is 3.61. The van der Waals surface area contributed by atoms with Crippen molar-refractivity contribution in [2.45, 2.75) is 116 Å². The zero-order chi connectivity index (χ0) is 32.1. The fraction of sp³-hybridized carbons (Fsp3) is 0.576. The van der Waals surface area contributed by atoms with Gasteiger partial charge in [-0.3, -0.25) is 4.68 Å².